The van der Waals surface area contributed by atoms with E-state index in [1.54, 1.807) is 0 Å². The molecule has 0 aromatic rings. The van der Waals surface area contributed by atoms with Gasteiger partial charge in [-0.3, -0.25) is 5.43 Å². The highest BCUT2D eigenvalue weighted by Crippen LogP contribution is 2.12. The molecular weight excluding hydrogens is 210 g/mol. The molecule has 8 heteroatoms. The third kappa shape index (κ3) is 2.74. The quantitative estimate of drug-likeness (QED) is 0.213. The largest absolute Gasteiger partial charge is 0.388 e. The van der Waals surface area contributed by atoms with E-state index in [0.29, 0.717) is 0 Å². The molecule has 4 atom stereocenters. The molecule has 1 aliphatic heterocycles. The number of hydrazine groups is 1. The Morgan fingerprint density at radius 2 is 2.00 bits per heavy atom. The Morgan fingerprint density at radius 1 is 1.36 bits per heavy atom. The molecule has 0 bridgehead atoms. The van der Waals surface area contributed by atoms with Crippen LogP contribution in [0.1, 0.15) is 0 Å². The van der Waals surface area contributed by atoms with Crippen LogP contribution in [-0.4, -0.2) is 51.6 Å². The highest BCUT2D eigenvalue weighted by atomic mass is 32.1. The van der Waals surface area contributed by atoms with Gasteiger partial charge in [-0.25, -0.2) is 5.43 Å². The van der Waals surface area contributed by atoms with E-state index in [1.165, 1.54) is 0 Å². The highest BCUT2D eigenvalue weighted by Gasteiger charge is 2.37. The number of nitrogens with one attached hydrogen (secondary N) is 2. The molecule has 0 amide bonds. The van der Waals surface area contributed by atoms with Gasteiger partial charge in [0.05, 0.1) is 6.61 Å². The van der Waals surface area contributed by atoms with E-state index in [4.69, 9.17) is 15.6 Å². The summed E-state index contributed by atoms with van der Waals surface area (Å²) < 4.78 is 4.97. The Labute approximate surface area is 85.8 Å². The van der Waals surface area contributed by atoms with Gasteiger partial charge in [0, 0.05) is 0 Å². The molecular formula is C6H13N3O4S. The number of aliphatic hydroxyl groups is 3. The summed E-state index contributed by atoms with van der Waals surface area (Å²) in [5, 5.41) is 27.8. The van der Waals surface area contributed by atoms with Gasteiger partial charge < -0.3 is 25.8 Å². The van der Waals surface area contributed by atoms with Crippen molar-refractivity contribution in [2.75, 3.05) is 6.61 Å². The van der Waals surface area contributed by atoms with Crippen molar-refractivity contribution in [3.8, 4) is 0 Å². The van der Waals surface area contributed by atoms with Gasteiger partial charge in [-0.15, -0.1) is 0 Å². The number of thiocarbonyl (C=S) groups is 1. The van der Waals surface area contributed by atoms with E-state index < -0.39 is 24.5 Å². The number of hydrogen-bond donors (Lipinski definition) is 6. The van der Waals surface area contributed by atoms with Crippen molar-refractivity contribution in [1.29, 1.82) is 0 Å². The molecule has 0 unspecified atom stereocenters. The smallest absolute Gasteiger partial charge is 0.178 e. The van der Waals surface area contributed by atoms with E-state index in [-0.39, 0.29) is 11.7 Å². The van der Waals surface area contributed by atoms with Crippen LogP contribution in [0.15, 0.2) is 0 Å². The molecule has 0 saturated carbocycles. The molecule has 1 saturated heterocycles. The van der Waals surface area contributed by atoms with Gasteiger partial charge in [0.2, 0.25) is 0 Å². The Morgan fingerprint density at radius 3 is 2.57 bits per heavy atom. The monoisotopic (exact) mass is 223 g/mol. The minimum absolute atomic E-state index is 0.0126. The van der Waals surface area contributed by atoms with E-state index in [1.807, 2.05) is 0 Å². The number of rotatable bonds is 2. The van der Waals surface area contributed by atoms with Crippen LogP contribution in [0.3, 0.4) is 0 Å². The zero-order valence-corrected chi connectivity index (χ0v) is 8.07. The lowest BCUT2D eigenvalue weighted by Crippen LogP contribution is -2.61. The zero-order chi connectivity index (χ0) is 10.7. The number of nitrogens with two attached hydrogens (primary N) is 1. The molecule has 7 nitrogen and oxygen atoms in total. The Hall–Kier alpha value is -0.510. The maximum atomic E-state index is 9.40. The standard InChI is InChI=1S/C6H13N3O4S/c7-6(14)9-8-5-4(12)3(11)2(10)1-13-5/h2-5,8,10-12H,1H2,(H3,7,9,14)/t2-,3-,4+,5-/m1/s1. The summed E-state index contributed by atoms with van der Waals surface area (Å²) in [6.07, 6.45) is -4.46. The molecule has 0 aromatic carbocycles. The molecule has 0 radical (unpaired) electrons. The normalized spacial score (nSPS) is 37.9. The SMILES string of the molecule is NC(=S)NN[C@@H]1OC[C@@H](O)[C@@H](O)[C@@H]1O. The lowest BCUT2D eigenvalue weighted by Gasteiger charge is -2.35. The van der Waals surface area contributed by atoms with Crippen LogP contribution < -0.4 is 16.6 Å². The zero-order valence-electron chi connectivity index (χ0n) is 7.25. The summed E-state index contributed by atoms with van der Waals surface area (Å²) in [6, 6.07) is 0. The summed E-state index contributed by atoms with van der Waals surface area (Å²) in [7, 11) is 0. The second kappa shape index (κ2) is 4.82. The van der Waals surface area contributed by atoms with Crippen LogP contribution in [0.25, 0.3) is 0 Å². The van der Waals surface area contributed by atoms with Gasteiger partial charge >= 0.3 is 0 Å². The molecule has 0 aromatic heterocycles. The van der Waals surface area contributed by atoms with Crippen LogP contribution in [0, 0.1) is 0 Å². The molecule has 1 fully saturated rings. The van der Waals surface area contributed by atoms with Crippen LogP contribution in [0.4, 0.5) is 0 Å². The molecule has 7 N–H and O–H groups in total. The first-order chi connectivity index (χ1) is 6.52. The van der Waals surface area contributed by atoms with Gasteiger partial charge in [0.25, 0.3) is 0 Å². The molecule has 0 spiro atoms. The molecule has 1 rings (SSSR count). The maximum absolute atomic E-state index is 9.40. The van der Waals surface area contributed by atoms with Crippen molar-refractivity contribution in [2.45, 2.75) is 24.5 Å². The number of hydrogen-bond acceptors (Lipinski definition) is 6. The van der Waals surface area contributed by atoms with Crippen molar-refractivity contribution in [3.63, 3.8) is 0 Å². The summed E-state index contributed by atoms with van der Waals surface area (Å²) in [5.74, 6) is 0. The van der Waals surface area contributed by atoms with E-state index in [2.05, 4.69) is 23.1 Å². The summed E-state index contributed by atoms with van der Waals surface area (Å²) in [5.41, 5.74) is 9.95. The topological polar surface area (TPSA) is 120 Å². The van der Waals surface area contributed by atoms with Gasteiger partial charge in [-0.2, -0.15) is 0 Å². The van der Waals surface area contributed by atoms with Crippen molar-refractivity contribution in [2.24, 2.45) is 5.73 Å². The van der Waals surface area contributed by atoms with Gasteiger partial charge in [-0.05, 0) is 12.2 Å². The predicted octanol–water partition coefficient (Wildman–Crippen LogP) is -3.24. The minimum atomic E-state index is -1.26. The first kappa shape index (κ1) is 11.6. The second-order valence-corrected chi connectivity index (χ2v) is 3.38. The average molecular weight is 223 g/mol. The minimum Gasteiger partial charge on any atom is -0.388 e. The highest BCUT2D eigenvalue weighted by molar-refractivity contribution is 7.80. The van der Waals surface area contributed by atoms with Gasteiger partial charge in [-0.1, -0.05) is 0 Å². The first-order valence-electron chi connectivity index (χ1n) is 3.99. The van der Waals surface area contributed by atoms with Gasteiger partial charge in [0.1, 0.15) is 18.3 Å². The summed E-state index contributed by atoms with van der Waals surface area (Å²) in [4.78, 5) is 0. The Balaban J connectivity index is 2.42. The van der Waals surface area contributed by atoms with Gasteiger partial charge in [0.15, 0.2) is 11.3 Å². The fraction of sp³-hybridized carbons (Fsp3) is 0.833. The van der Waals surface area contributed by atoms with Crippen molar-refractivity contribution < 1.29 is 20.1 Å². The third-order valence-corrected chi connectivity index (χ3v) is 1.94. The average Bonchev–Trinajstić information content (AvgIpc) is 2.13. The fourth-order valence-electron chi connectivity index (χ4n) is 1.08. The van der Waals surface area contributed by atoms with Crippen LogP contribution >= 0.6 is 12.2 Å². The van der Waals surface area contributed by atoms with E-state index >= 15 is 0 Å². The first-order valence-corrected chi connectivity index (χ1v) is 4.40. The Bertz CT molecular complexity index is 217. The Kier molecular flexibility index (Phi) is 3.98. The van der Waals surface area contributed by atoms with Crippen molar-refractivity contribution >= 4 is 17.3 Å². The molecule has 0 aliphatic carbocycles. The van der Waals surface area contributed by atoms with Crippen LogP contribution in [0.5, 0.6) is 0 Å². The summed E-state index contributed by atoms with van der Waals surface area (Å²) in [6.45, 7) is -0.0745. The summed E-state index contributed by atoms with van der Waals surface area (Å²) >= 11 is 4.51. The third-order valence-electron chi connectivity index (χ3n) is 1.84. The van der Waals surface area contributed by atoms with E-state index in [0.717, 1.165) is 0 Å². The van der Waals surface area contributed by atoms with Crippen LogP contribution in [0.2, 0.25) is 0 Å². The maximum Gasteiger partial charge on any atom is 0.178 e. The molecule has 1 aliphatic rings. The number of ether oxygens (including phenoxy) is 1. The number of aliphatic hydroxyl groups excluding tert-OH is 3. The van der Waals surface area contributed by atoms with Crippen molar-refractivity contribution in [3.05, 3.63) is 0 Å². The lowest BCUT2D eigenvalue weighted by molar-refractivity contribution is -0.196. The second-order valence-electron chi connectivity index (χ2n) is 2.94. The van der Waals surface area contributed by atoms with Crippen molar-refractivity contribution in [1.82, 2.24) is 10.9 Å². The fourth-order valence-corrected chi connectivity index (χ4v) is 1.13. The molecule has 82 valence electrons. The lowest BCUT2D eigenvalue weighted by atomic mass is 10.1. The molecule has 14 heavy (non-hydrogen) atoms. The van der Waals surface area contributed by atoms with E-state index in [9.17, 15) is 10.2 Å². The van der Waals surface area contributed by atoms with Crippen LogP contribution in [-0.2, 0) is 4.74 Å². The molecule has 1 heterocycles. The predicted molar refractivity (Wildman–Crippen MR) is 50.8 cm³/mol.